The van der Waals surface area contributed by atoms with Gasteiger partial charge in [0.2, 0.25) is 0 Å². The lowest BCUT2D eigenvalue weighted by Crippen LogP contribution is -2.60. The van der Waals surface area contributed by atoms with Crippen LogP contribution in [0.5, 0.6) is 0 Å². The van der Waals surface area contributed by atoms with E-state index in [0.717, 1.165) is 77.0 Å². The molecule has 0 spiro atoms. The van der Waals surface area contributed by atoms with E-state index < -0.39 is 71.2 Å². The minimum absolute atomic E-state index is 0.144. The fraction of sp³-hybridized carbons (Fsp3) is 0.733. The quantitative estimate of drug-likeness (QED) is 0.0207. The van der Waals surface area contributed by atoms with Crippen molar-refractivity contribution < 1.29 is 56.8 Å². The van der Waals surface area contributed by atoms with Gasteiger partial charge in [0.1, 0.15) is 36.8 Å². The Hall–Kier alpha value is -2.65. The molecule has 6 atom stereocenters. The maximum Gasteiger partial charge on any atom is 0.306 e. The molecule has 0 bridgehead atoms. The summed E-state index contributed by atoms with van der Waals surface area (Å²) in [6.45, 7) is 3.63. The van der Waals surface area contributed by atoms with Crippen LogP contribution in [0.4, 0.5) is 0 Å². The number of aliphatic hydroxyl groups excluding tert-OH is 3. The maximum atomic E-state index is 12.7. The van der Waals surface area contributed by atoms with E-state index in [9.17, 15) is 37.9 Å². The lowest BCUT2D eigenvalue weighted by Gasteiger charge is -2.40. The standard InChI is InChI=1S/C45H76O12S/c1-3-5-7-9-11-13-15-16-17-18-19-20-21-22-24-25-27-29-31-33-40(46)54-35-38(56-41(47)34-32-30-28-26-23-14-12-10-8-6-4-2)36-55-45-44(50)43(49)42(48)39(57-45)37-58(51,52)53/h10-13,16-17,19-20,22,24,38-39,42-45,48-50H,3-9,14-15,18,21,23,25-37H2,1-2H3,(H,51,52,53)/b12-10+,13-11+,17-16+,20-19+,24-22+/t38-,39-,42-,43?,44?,45+/m1/s1. The second-order valence-electron chi connectivity index (χ2n) is 15.0. The Kier molecular flexibility index (Phi) is 32.3. The van der Waals surface area contributed by atoms with Gasteiger partial charge in [0.05, 0.1) is 6.61 Å². The van der Waals surface area contributed by atoms with E-state index in [0.29, 0.717) is 12.8 Å². The number of ether oxygens (including phenoxy) is 4. The van der Waals surface area contributed by atoms with Crippen LogP contribution in [0.1, 0.15) is 155 Å². The number of hydrogen-bond acceptors (Lipinski definition) is 11. The SMILES string of the molecule is CCCC/C=C/CCCCCCCC(=O)O[C@H](COC(=O)CCCCC/C=C/C/C=C/C/C=C/C/C=C/CCCCC)CO[C@H]1O[C@H](CS(=O)(=O)O)[C@@H](O)C(O)C1O. The van der Waals surface area contributed by atoms with Gasteiger partial charge in [-0.05, 0) is 77.0 Å². The topological polar surface area (TPSA) is 186 Å². The summed E-state index contributed by atoms with van der Waals surface area (Å²) in [6, 6.07) is 0. The lowest BCUT2D eigenvalue weighted by atomic mass is 10.00. The highest BCUT2D eigenvalue weighted by atomic mass is 32.2. The van der Waals surface area contributed by atoms with E-state index in [2.05, 4.69) is 74.6 Å². The molecule has 1 rings (SSSR count). The van der Waals surface area contributed by atoms with Crippen molar-refractivity contribution in [3.63, 3.8) is 0 Å². The molecule has 1 saturated heterocycles. The highest BCUT2D eigenvalue weighted by Gasteiger charge is 2.46. The highest BCUT2D eigenvalue weighted by Crippen LogP contribution is 2.24. The molecule has 1 aliphatic heterocycles. The molecule has 2 unspecified atom stereocenters. The molecule has 0 saturated carbocycles. The smallest absolute Gasteiger partial charge is 0.306 e. The van der Waals surface area contributed by atoms with Crippen LogP contribution in [-0.4, -0.2) is 96.0 Å². The largest absolute Gasteiger partial charge is 0.462 e. The van der Waals surface area contributed by atoms with Crippen molar-refractivity contribution in [3.05, 3.63) is 60.8 Å². The third-order valence-corrected chi connectivity index (χ3v) is 10.3. The average Bonchev–Trinajstić information content (AvgIpc) is 3.18. The fourth-order valence-corrected chi connectivity index (χ4v) is 6.80. The Morgan fingerprint density at radius 1 is 0.586 bits per heavy atom. The van der Waals surface area contributed by atoms with Gasteiger partial charge in [0.15, 0.2) is 12.4 Å². The van der Waals surface area contributed by atoms with Crippen LogP contribution in [-0.2, 0) is 38.7 Å². The summed E-state index contributed by atoms with van der Waals surface area (Å²) in [5.74, 6) is -2.04. The van der Waals surface area contributed by atoms with Gasteiger partial charge >= 0.3 is 11.9 Å². The first-order chi connectivity index (χ1) is 28.0. The van der Waals surface area contributed by atoms with Crippen LogP contribution >= 0.6 is 0 Å². The van der Waals surface area contributed by atoms with E-state index in [1.807, 2.05) is 0 Å². The first-order valence-electron chi connectivity index (χ1n) is 21.8. The maximum absolute atomic E-state index is 12.7. The number of rotatable bonds is 35. The van der Waals surface area contributed by atoms with E-state index >= 15 is 0 Å². The molecule has 0 amide bonds. The van der Waals surface area contributed by atoms with Crippen molar-refractivity contribution in [1.82, 2.24) is 0 Å². The number of carbonyl (C=O) groups is 2. The third kappa shape index (κ3) is 29.5. The molecule has 1 aliphatic rings. The average molecular weight is 841 g/mol. The number of hydrogen-bond donors (Lipinski definition) is 4. The number of aliphatic hydroxyl groups is 3. The summed E-state index contributed by atoms with van der Waals surface area (Å²) < 4.78 is 53.9. The molecule has 0 aliphatic carbocycles. The summed E-state index contributed by atoms with van der Waals surface area (Å²) >= 11 is 0. The fourth-order valence-electron chi connectivity index (χ4n) is 6.11. The van der Waals surface area contributed by atoms with Crippen LogP contribution < -0.4 is 0 Å². The van der Waals surface area contributed by atoms with Gasteiger partial charge in [-0.3, -0.25) is 14.1 Å². The molecular formula is C45H76O12S. The Morgan fingerprint density at radius 2 is 1.05 bits per heavy atom. The molecule has 0 aromatic rings. The second-order valence-corrected chi connectivity index (χ2v) is 16.5. The summed E-state index contributed by atoms with van der Waals surface area (Å²) in [7, 11) is -4.61. The number of esters is 2. The van der Waals surface area contributed by atoms with Crippen molar-refractivity contribution in [1.29, 1.82) is 0 Å². The van der Waals surface area contributed by atoms with E-state index in [1.165, 1.54) is 38.5 Å². The van der Waals surface area contributed by atoms with Crippen LogP contribution in [0.3, 0.4) is 0 Å². The molecule has 12 nitrogen and oxygen atoms in total. The monoisotopic (exact) mass is 841 g/mol. The van der Waals surface area contributed by atoms with E-state index in [-0.39, 0.29) is 19.4 Å². The van der Waals surface area contributed by atoms with Gasteiger partial charge in [0, 0.05) is 12.8 Å². The first-order valence-corrected chi connectivity index (χ1v) is 23.5. The van der Waals surface area contributed by atoms with Crippen molar-refractivity contribution >= 4 is 22.1 Å². The molecule has 1 fully saturated rings. The van der Waals surface area contributed by atoms with Gasteiger partial charge in [-0.1, -0.05) is 126 Å². The van der Waals surface area contributed by atoms with Gasteiger partial charge in [0.25, 0.3) is 10.1 Å². The second kappa shape index (κ2) is 35.1. The number of allylic oxidation sites excluding steroid dienone is 10. The van der Waals surface area contributed by atoms with Gasteiger partial charge in [-0.25, -0.2) is 0 Å². The zero-order valence-electron chi connectivity index (χ0n) is 35.4. The summed E-state index contributed by atoms with van der Waals surface area (Å²) in [5.41, 5.74) is 0. The van der Waals surface area contributed by atoms with E-state index in [1.54, 1.807) is 0 Å². The van der Waals surface area contributed by atoms with Gasteiger partial charge in [-0.2, -0.15) is 8.42 Å². The Labute approximate surface area is 349 Å². The molecule has 4 N–H and O–H groups in total. The van der Waals surface area contributed by atoms with Crippen molar-refractivity contribution in [2.75, 3.05) is 19.0 Å². The minimum atomic E-state index is -4.61. The molecule has 58 heavy (non-hydrogen) atoms. The predicted molar refractivity (Wildman–Crippen MR) is 229 cm³/mol. The summed E-state index contributed by atoms with van der Waals surface area (Å²) in [4.78, 5) is 25.3. The molecule has 0 aromatic heterocycles. The molecule has 0 radical (unpaired) electrons. The first kappa shape index (κ1) is 53.4. The zero-order valence-corrected chi connectivity index (χ0v) is 36.2. The normalized spacial score (nSPS) is 21.0. The lowest BCUT2D eigenvalue weighted by molar-refractivity contribution is -0.297. The predicted octanol–water partition coefficient (Wildman–Crippen LogP) is 8.56. The van der Waals surface area contributed by atoms with Crippen molar-refractivity contribution in [2.24, 2.45) is 0 Å². The molecular weight excluding hydrogens is 765 g/mol. The Bertz CT molecular complexity index is 1310. The van der Waals surface area contributed by atoms with Crippen molar-refractivity contribution in [3.8, 4) is 0 Å². The van der Waals surface area contributed by atoms with Gasteiger partial charge < -0.3 is 34.3 Å². The van der Waals surface area contributed by atoms with Crippen LogP contribution in [0.25, 0.3) is 0 Å². The summed E-state index contributed by atoms with van der Waals surface area (Å²) in [6.07, 6.45) is 32.7. The van der Waals surface area contributed by atoms with Crippen LogP contribution in [0, 0.1) is 0 Å². The molecule has 334 valence electrons. The number of carbonyl (C=O) groups excluding carboxylic acids is 2. The molecule has 1 heterocycles. The minimum Gasteiger partial charge on any atom is -0.462 e. The van der Waals surface area contributed by atoms with Gasteiger partial charge in [-0.15, -0.1) is 0 Å². The van der Waals surface area contributed by atoms with E-state index in [4.69, 9.17) is 18.9 Å². The van der Waals surface area contributed by atoms with Crippen LogP contribution in [0.2, 0.25) is 0 Å². The zero-order chi connectivity index (χ0) is 42.7. The van der Waals surface area contributed by atoms with Crippen molar-refractivity contribution in [2.45, 2.75) is 192 Å². The highest BCUT2D eigenvalue weighted by molar-refractivity contribution is 7.85. The van der Waals surface area contributed by atoms with Crippen LogP contribution in [0.15, 0.2) is 60.8 Å². The Balaban J connectivity index is 2.48. The number of unbranched alkanes of at least 4 members (excludes halogenated alkanes) is 13. The molecule has 0 aromatic carbocycles. The third-order valence-electron chi connectivity index (χ3n) is 9.57. The molecule has 13 heteroatoms. The summed E-state index contributed by atoms with van der Waals surface area (Å²) in [5, 5.41) is 30.8. The Morgan fingerprint density at radius 3 is 1.62 bits per heavy atom.